The van der Waals surface area contributed by atoms with Crippen LogP contribution in [-0.2, 0) is 32.6 Å². The maximum Gasteiger partial charge on any atom is 4.00 e. The first-order valence-corrected chi connectivity index (χ1v) is 12.6. The number of fused-ring (bicyclic) bond motifs is 3. The Morgan fingerprint density at radius 1 is 0.634 bits per heavy atom. The molecule has 0 aromatic heterocycles. The molecule has 208 valence electrons. The van der Waals surface area contributed by atoms with Crippen LogP contribution in [-0.4, -0.2) is 28.4 Å². The minimum Gasteiger partial charge on any atom is -0.867 e. The molecule has 4 aromatic rings. The Labute approximate surface area is 261 Å². The smallest absolute Gasteiger partial charge is 0.867 e. The summed E-state index contributed by atoms with van der Waals surface area (Å²) in [5.41, 5.74) is 5.51. The van der Waals surface area contributed by atoms with Gasteiger partial charge in [-0.05, 0) is 42.2 Å². The van der Waals surface area contributed by atoms with Gasteiger partial charge in [0.1, 0.15) is 23.0 Å². The van der Waals surface area contributed by atoms with Gasteiger partial charge in [0, 0.05) is 0 Å². The Balaban J connectivity index is 0.000000197. The van der Waals surface area contributed by atoms with Crippen molar-refractivity contribution in [3.8, 4) is 45.6 Å². The second-order valence-corrected chi connectivity index (χ2v) is 8.38. The topological polar surface area (TPSA) is 83.0 Å². The van der Waals surface area contributed by atoms with Crippen molar-refractivity contribution < 1.29 is 55.4 Å². The third kappa shape index (κ3) is 9.29. The van der Waals surface area contributed by atoms with Crippen LogP contribution >= 0.6 is 0 Å². The molecule has 0 saturated heterocycles. The number of benzene rings is 4. The number of hydrogen-bond acceptors (Lipinski definition) is 6. The van der Waals surface area contributed by atoms with Crippen molar-refractivity contribution in [3.63, 3.8) is 0 Å². The molecule has 0 bridgehead atoms. The molecular weight excluding hydrogens is 596 g/mol. The Kier molecular flexibility index (Phi) is 14.3. The predicted octanol–water partition coefficient (Wildman–Crippen LogP) is 5.92. The van der Waals surface area contributed by atoms with Crippen LogP contribution in [0.3, 0.4) is 0 Å². The maximum absolute atomic E-state index is 11.2. The molecule has 0 amide bonds. The average Bonchev–Trinajstić information content (AvgIpc) is 3.70. The van der Waals surface area contributed by atoms with Crippen LogP contribution in [0.25, 0.3) is 11.1 Å². The molecule has 2 aliphatic rings. The first kappa shape index (κ1) is 33.3. The monoisotopic (exact) mass is 626 g/mol. The van der Waals surface area contributed by atoms with E-state index in [-0.39, 0.29) is 37.7 Å². The molecule has 6 rings (SSSR count). The number of para-hydroxylation sites is 2. The summed E-state index contributed by atoms with van der Waals surface area (Å²) >= 11 is 0. The van der Waals surface area contributed by atoms with Gasteiger partial charge in [-0.25, -0.2) is 12.2 Å². The van der Waals surface area contributed by atoms with Gasteiger partial charge in [-0.2, -0.15) is 35.9 Å². The molecule has 0 fully saturated rings. The van der Waals surface area contributed by atoms with E-state index in [1.807, 2.05) is 18.2 Å². The molecule has 0 spiro atoms. The molecule has 6 nitrogen and oxygen atoms in total. The second-order valence-electron chi connectivity index (χ2n) is 8.38. The van der Waals surface area contributed by atoms with Crippen LogP contribution in [0.1, 0.15) is 17.5 Å². The zero-order valence-corrected chi connectivity index (χ0v) is 26.1. The first-order chi connectivity index (χ1) is 19.5. The van der Waals surface area contributed by atoms with Gasteiger partial charge in [0.15, 0.2) is 0 Å². The van der Waals surface area contributed by atoms with Gasteiger partial charge in [0.05, 0.1) is 28.4 Å². The van der Waals surface area contributed by atoms with E-state index in [9.17, 15) is 10.2 Å². The minimum absolute atomic E-state index is 0. The van der Waals surface area contributed by atoms with Crippen LogP contribution in [0.4, 0.5) is 0 Å². The van der Waals surface area contributed by atoms with Gasteiger partial charge in [-0.1, -0.05) is 47.5 Å². The van der Waals surface area contributed by atoms with E-state index in [0.29, 0.717) is 23.0 Å². The Bertz CT molecular complexity index is 1280. The summed E-state index contributed by atoms with van der Waals surface area (Å²) in [7, 11) is 5.82. The predicted molar refractivity (Wildman–Crippen MR) is 153 cm³/mol. The molecule has 0 radical (unpaired) electrons. The summed E-state index contributed by atoms with van der Waals surface area (Å²) in [4.78, 5) is 0. The largest absolute Gasteiger partial charge is 4.00 e. The van der Waals surface area contributed by atoms with Crippen LogP contribution in [0, 0.1) is 12.1 Å². The fourth-order valence-electron chi connectivity index (χ4n) is 3.97. The molecule has 41 heavy (non-hydrogen) atoms. The summed E-state index contributed by atoms with van der Waals surface area (Å²) < 4.78 is 19.2. The molecule has 0 atom stereocenters. The second kappa shape index (κ2) is 17.7. The van der Waals surface area contributed by atoms with Crippen LogP contribution < -0.4 is 29.2 Å². The number of rotatable bonds is 4. The minimum atomic E-state index is -0.211. The zero-order valence-electron chi connectivity index (χ0n) is 23.6. The molecular formula is C34H32O6Zr. The summed E-state index contributed by atoms with van der Waals surface area (Å²) in [5, 5.41) is 22.4. The number of methoxy groups -OCH3 is 4. The van der Waals surface area contributed by atoms with Gasteiger partial charge < -0.3 is 29.2 Å². The summed E-state index contributed by atoms with van der Waals surface area (Å²) in [6.45, 7) is 0. The molecule has 0 saturated carbocycles. The van der Waals surface area contributed by atoms with Gasteiger partial charge in [0.25, 0.3) is 0 Å². The normalized spacial score (nSPS) is 11.0. The standard InChI is InChI=1S/C13H9.2C8H10O3.C5H5.Zr/c1-3-7-12-10(5-1)9-11-6-2-4-8-13(11)12;2*1-10-6-4-3-5-7(11-2)8(6)9;1-2-4-5-3-1;/h1-5,7-8H,9H2;2*3-5,9H,1-2H3;1-3H,4H2;/q-1;;;-1;+4/p-2. The fourth-order valence-corrected chi connectivity index (χ4v) is 3.97. The third-order valence-electron chi connectivity index (χ3n) is 5.97. The number of allylic oxidation sites excluding steroid dienone is 4. The molecule has 2 aliphatic carbocycles. The van der Waals surface area contributed by atoms with Crippen molar-refractivity contribution in [2.45, 2.75) is 12.8 Å². The Morgan fingerprint density at radius 3 is 1.59 bits per heavy atom. The van der Waals surface area contributed by atoms with E-state index < -0.39 is 0 Å². The van der Waals surface area contributed by atoms with Crippen molar-refractivity contribution in [3.05, 3.63) is 120 Å². The van der Waals surface area contributed by atoms with Crippen molar-refractivity contribution in [1.82, 2.24) is 0 Å². The van der Waals surface area contributed by atoms with Gasteiger partial charge in [-0.3, -0.25) is 6.08 Å². The fraction of sp³-hybridized carbons (Fsp3) is 0.176. The van der Waals surface area contributed by atoms with E-state index >= 15 is 0 Å². The van der Waals surface area contributed by atoms with Crippen molar-refractivity contribution >= 4 is 0 Å². The van der Waals surface area contributed by atoms with E-state index in [2.05, 4.69) is 54.6 Å². The zero-order chi connectivity index (χ0) is 28.7. The molecule has 0 aliphatic heterocycles. The van der Waals surface area contributed by atoms with Crippen molar-refractivity contribution in [2.24, 2.45) is 0 Å². The van der Waals surface area contributed by atoms with Crippen LogP contribution in [0.2, 0.25) is 0 Å². The van der Waals surface area contributed by atoms with E-state index in [1.54, 1.807) is 36.4 Å². The molecule has 7 heteroatoms. The molecule has 4 aromatic carbocycles. The molecule has 0 unspecified atom stereocenters. The van der Waals surface area contributed by atoms with E-state index in [0.717, 1.165) is 12.8 Å². The van der Waals surface area contributed by atoms with Crippen molar-refractivity contribution in [1.29, 1.82) is 0 Å². The van der Waals surface area contributed by atoms with Crippen LogP contribution in [0.5, 0.6) is 34.5 Å². The summed E-state index contributed by atoms with van der Waals surface area (Å²) in [6.07, 6.45) is 11.0. The SMILES string of the molecule is COc1cccc(OC)c1[O-].COc1cccc(OC)c1[O-].[C-]1=CC=CC1.[Zr+4].[c-]1cccc2c1Cc1ccccc1-2. The van der Waals surface area contributed by atoms with Crippen LogP contribution in [0.15, 0.2) is 97.1 Å². The molecule has 0 N–H and O–H groups in total. The Hall–Kier alpha value is -3.96. The number of hydrogen-bond donors (Lipinski definition) is 0. The van der Waals surface area contributed by atoms with Gasteiger partial charge in [0.2, 0.25) is 0 Å². The van der Waals surface area contributed by atoms with Crippen molar-refractivity contribution in [2.75, 3.05) is 28.4 Å². The average molecular weight is 628 g/mol. The summed E-state index contributed by atoms with van der Waals surface area (Å²) in [6, 6.07) is 27.9. The Morgan fingerprint density at radius 2 is 1.15 bits per heavy atom. The van der Waals surface area contributed by atoms with Gasteiger partial charge >= 0.3 is 26.2 Å². The van der Waals surface area contributed by atoms with E-state index in [4.69, 9.17) is 18.9 Å². The third-order valence-corrected chi connectivity index (χ3v) is 5.97. The van der Waals surface area contributed by atoms with E-state index in [1.165, 1.54) is 50.7 Å². The molecule has 0 heterocycles. The van der Waals surface area contributed by atoms with Gasteiger partial charge in [-0.15, -0.1) is 12.0 Å². The first-order valence-electron chi connectivity index (χ1n) is 12.6. The maximum atomic E-state index is 11.2. The summed E-state index contributed by atoms with van der Waals surface area (Å²) in [5.74, 6) is 0.817. The quantitative estimate of drug-likeness (QED) is 0.230. The number of ether oxygens (including phenoxy) is 4.